The third-order valence-electron chi connectivity index (χ3n) is 10.4. The second kappa shape index (κ2) is 14.6. The van der Waals surface area contributed by atoms with Crippen molar-refractivity contribution in [3.8, 4) is 11.5 Å². The van der Waals surface area contributed by atoms with Gasteiger partial charge in [-0.3, -0.25) is 34.2 Å². The van der Waals surface area contributed by atoms with E-state index in [1.54, 1.807) is 30.5 Å². The van der Waals surface area contributed by atoms with Gasteiger partial charge >= 0.3 is 0 Å². The van der Waals surface area contributed by atoms with E-state index in [0.717, 1.165) is 53.1 Å². The average Bonchev–Trinajstić information content (AvgIpc) is 3.40. The van der Waals surface area contributed by atoms with Gasteiger partial charge in [0.15, 0.2) is 11.6 Å². The number of carbonyl (C=O) groups is 5. The van der Waals surface area contributed by atoms with Gasteiger partial charge in [-0.15, -0.1) is 0 Å². The number of rotatable bonds is 11. The highest BCUT2D eigenvalue weighted by atomic mass is 16.5. The molecule has 12 heteroatoms. The van der Waals surface area contributed by atoms with E-state index in [1.165, 1.54) is 6.92 Å². The highest BCUT2D eigenvalue weighted by Gasteiger charge is 2.44. The van der Waals surface area contributed by atoms with Crippen LogP contribution in [0.5, 0.6) is 11.5 Å². The van der Waals surface area contributed by atoms with E-state index in [0.29, 0.717) is 11.4 Å². The number of hydrogen-bond acceptors (Lipinski definition) is 10. The van der Waals surface area contributed by atoms with E-state index in [9.17, 15) is 24.0 Å². The number of nitrogens with zero attached hydrogens (tertiary/aromatic N) is 3. The summed E-state index contributed by atoms with van der Waals surface area (Å²) in [6, 6.07) is 22.3. The van der Waals surface area contributed by atoms with Crippen LogP contribution in [0.4, 0.5) is 5.69 Å². The molecule has 0 spiro atoms. The molecular weight excluding hydrogens is 674 g/mol. The van der Waals surface area contributed by atoms with Crippen LogP contribution in [-0.4, -0.2) is 62.5 Å². The van der Waals surface area contributed by atoms with Crippen LogP contribution in [0, 0.1) is 0 Å². The van der Waals surface area contributed by atoms with E-state index in [1.807, 2.05) is 24.3 Å². The Hall–Kier alpha value is -5.91. The van der Waals surface area contributed by atoms with E-state index < -0.39 is 29.7 Å². The molecule has 3 aromatic carbocycles. The molecule has 1 saturated carbocycles. The van der Waals surface area contributed by atoms with Crippen molar-refractivity contribution in [1.29, 1.82) is 0 Å². The minimum absolute atomic E-state index is 0.0807. The first-order chi connectivity index (χ1) is 25.5. The predicted octanol–water partition coefficient (Wildman–Crippen LogP) is 5.79. The monoisotopic (exact) mass is 715 g/mol. The number of ketones is 1. The Bertz CT molecular complexity index is 2070. The Labute approximate surface area is 307 Å². The Morgan fingerprint density at radius 3 is 2.17 bits per heavy atom. The van der Waals surface area contributed by atoms with Crippen LogP contribution < -0.4 is 20.1 Å². The van der Waals surface area contributed by atoms with Crippen LogP contribution in [0.1, 0.15) is 107 Å². The molecular formula is C41H41N5O7. The second-order valence-corrected chi connectivity index (χ2v) is 14.3. The molecule has 4 aromatic rings. The van der Waals surface area contributed by atoms with Gasteiger partial charge in [0.2, 0.25) is 11.8 Å². The van der Waals surface area contributed by atoms with Crippen molar-refractivity contribution in [2.45, 2.75) is 89.5 Å². The van der Waals surface area contributed by atoms with Crippen LogP contribution in [0.25, 0.3) is 0 Å². The number of Topliss-reactive ketones (excluding diaryl/α,β-unsaturated/α-hetero) is 1. The number of aromatic nitrogens is 2. The van der Waals surface area contributed by atoms with E-state index in [2.05, 4.69) is 58.7 Å². The lowest BCUT2D eigenvalue weighted by Crippen LogP contribution is -2.54. The number of ether oxygens (including phenoxy) is 2. The molecule has 3 heterocycles. The third kappa shape index (κ3) is 7.53. The van der Waals surface area contributed by atoms with Crippen molar-refractivity contribution in [3.63, 3.8) is 0 Å². The van der Waals surface area contributed by atoms with Crippen molar-refractivity contribution in [3.05, 3.63) is 113 Å². The zero-order valence-corrected chi connectivity index (χ0v) is 29.9. The Kier molecular flexibility index (Phi) is 9.78. The van der Waals surface area contributed by atoms with Crippen LogP contribution in [0.2, 0.25) is 0 Å². The van der Waals surface area contributed by atoms with Crippen LogP contribution in [0.3, 0.4) is 0 Å². The van der Waals surface area contributed by atoms with Gasteiger partial charge in [0.05, 0.1) is 22.9 Å². The van der Waals surface area contributed by atoms with E-state index in [-0.39, 0.29) is 59.7 Å². The maximum absolute atomic E-state index is 13.2. The van der Waals surface area contributed by atoms with Gasteiger partial charge in [0.25, 0.3) is 11.8 Å². The fourth-order valence-electron chi connectivity index (χ4n) is 7.20. The molecule has 1 saturated heterocycles. The van der Waals surface area contributed by atoms with Crippen molar-refractivity contribution >= 4 is 35.1 Å². The standard InChI is InChI=1S/C41H41N5O7/c1-24(47)37-42-21-20-29(44-37)23-52-30-11-4-25(5-12-30)41(2,3)26-6-13-31(14-7-26)53-32-15-8-27(9-16-32)43-28-10-17-33-34(22-28)40(51)46(39(33)50)35-18-19-36(48)45-38(35)49/h4-7,10-14,17,20-22,27,32,35,43H,8-9,15-16,18-19,23H2,1-3H3,(H,45,48,49). The molecule has 0 bridgehead atoms. The predicted molar refractivity (Wildman–Crippen MR) is 195 cm³/mol. The topological polar surface area (TPSA) is 157 Å². The Balaban J connectivity index is 0.896. The summed E-state index contributed by atoms with van der Waals surface area (Å²) in [6.07, 6.45) is 5.32. The minimum Gasteiger partial charge on any atom is -0.490 e. The van der Waals surface area contributed by atoms with Crippen molar-refractivity contribution in [1.82, 2.24) is 20.2 Å². The van der Waals surface area contributed by atoms with Gasteiger partial charge < -0.3 is 14.8 Å². The molecule has 1 unspecified atom stereocenters. The number of nitrogens with one attached hydrogen (secondary N) is 2. The average molecular weight is 716 g/mol. The summed E-state index contributed by atoms with van der Waals surface area (Å²) in [6.45, 7) is 6.03. The minimum atomic E-state index is -0.985. The molecule has 7 rings (SSSR count). The third-order valence-corrected chi connectivity index (χ3v) is 10.4. The SMILES string of the molecule is CC(=O)c1nccc(COc2ccc(C(C)(C)c3ccc(OC4CCC(Nc5ccc6c(c5)C(=O)N(C5CCC(=O)NC5=O)C6=O)CC4)cc3)cc2)n1. The van der Waals surface area contributed by atoms with Crippen molar-refractivity contribution in [2.24, 2.45) is 0 Å². The maximum Gasteiger partial charge on any atom is 0.262 e. The van der Waals surface area contributed by atoms with Crippen LogP contribution >= 0.6 is 0 Å². The Morgan fingerprint density at radius 1 is 0.849 bits per heavy atom. The van der Waals surface area contributed by atoms with Crippen LogP contribution in [0.15, 0.2) is 79.0 Å². The number of hydrogen-bond donors (Lipinski definition) is 2. The summed E-state index contributed by atoms with van der Waals surface area (Å²) in [5, 5.41) is 5.74. The first-order valence-electron chi connectivity index (χ1n) is 17.9. The van der Waals surface area contributed by atoms with Gasteiger partial charge in [-0.1, -0.05) is 38.1 Å². The Morgan fingerprint density at radius 2 is 1.51 bits per heavy atom. The largest absolute Gasteiger partial charge is 0.490 e. The van der Waals surface area contributed by atoms with Crippen molar-refractivity contribution < 1.29 is 33.4 Å². The number of amides is 4. The molecule has 272 valence electrons. The normalized spacial score (nSPS) is 20.1. The molecule has 12 nitrogen and oxygen atoms in total. The summed E-state index contributed by atoms with van der Waals surface area (Å²) in [5.41, 5.74) is 3.93. The highest BCUT2D eigenvalue weighted by molar-refractivity contribution is 6.23. The van der Waals surface area contributed by atoms with Gasteiger partial charge in [-0.2, -0.15) is 0 Å². The fourth-order valence-corrected chi connectivity index (χ4v) is 7.20. The number of anilines is 1. The number of carbonyl (C=O) groups excluding carboxylic acids is 5. The highest BCUT2D eigenvalue weighted by Crippen LogP contribution is 2.35. The first kappa shape index (κ1) is 35.5. The maximum atomic E-state index is 13.2. The molecule has 2 aliphatic heterocycles. The molecule has 0 radical (unpaired) electrons. The smallest absolute Gasteiger partial charge is 0.262 e. The first-order valence-corrected chi connectivity index (χ1v) is 17.9. The lowest BCUT2D eigenvalue weighted by Gasteiger charge is -2.30. The molecule has 1 atom stereocenters. The zero-order chi connectivity index (χ0) is 37.3. The quantitative estimate of drug-likeness (QED) is 0.144. The molecule has 2 N–H and O–H groups in total. The van der Waals surface area contributed by atoms with Gasteiger partial charge in [0, 0.05) is 36.7 Å². The summed E-state index contributed by atoms with van der Waals surface area (Å²) < 4.78 is 12.3. The lowest BCUT2D eigenvalue weighted by atomic mass is 9.78. The summed E-state index contributed by atoms with van der Waals surface area (Å²) in [7, 11) is 0. The van der Waals surface area contributed by atoms with Gasteiger partial charge in [-0.05, 0) is 91.8 Å². The molecule has 3 aliphatic rings. The molecule has 53 heavy (non-hydrogen) atoms. The molecule has 1 aliphatic carbocycles. The number of piperidine rings is 1. The number of imide groups is 2. The van der Waals surface area contributed by atoms with Gasteiger partial charge in [-0.25, -0.2) is 9.97 Å². The second-order valence-electron chi connectivity index (χ2n) is 14.3. The van der Waals surface area contributed by atoms with Crippen molar-refractivity contribution in [2.75, 3.05) is 5.32 Å². The van der Waals surface area contributed by atoms with E-state index in [4.69, 9.17) is 9.47 Å². The summed E-state index contributed by atoms with van der Waals surface area (Å²) in [5.74, 6) is -0.524. The van der Waals surface area contributed by atoms with Crippen LogP contribution in [-0.2, 0) is 21.6 Å². The zero-order valence-electron chi connectivity index (χ0n) is 29.9. The number of benzene rings is 3. The number of fused-ring (bicyclic) bond motifs is 1. The summed E-state index contributed by atoms with van der Waals surface area (Å²) >= 11 is 0. The van der Waals surface area contributed by atoms with E-state index >= 15 is 0 Å². The summed E-state index contributed by atoms with van der Waals surface area (Å²) in [4.78, 5) is 71.0. The van der Waals surface area contributed by atoms with Gasteiger partial charge in [0.1, 0.15) is 24.1 Å². The molecule has 4 amide bonds. The fraction of sp³-hybridized carbons (Fsp3) is 0.341. The molecule has 1 aromatic heterocycles. The molecule has 2 fully saturated rings. The lowest BCUT2D eigenvalue weighted by molar-refractivity contribution is -0.136.